The molecule has 0 spiro atoms. The Morgan fingerprint density at radius 3 is 2.58 bits per heavy atom. The Morgan fingerprint density at radius 2 is 1.92 bits per heavy atom. The second-order valence-electron chi connectivity index (χ2n) is 6.57. The summed E-state index contributed by atoms with van der Waals surface area (Å²) in [5.74, 6) is 1.11. The zero-order valence-electron chi connectivity index (χ0n) is 14.1. The highest BCUT2D eigenvalue weighted by Crippen LogP contribution is 2.27. The average molecular weight is 324 g/mol. The average Bonchev–Trinajstić information content (AvgIpc) is 2.58. The highest BCUT2D eigenvalue weighted by Gasteiger charge is 2.18. The lowest BCUT2D eigenvalue weighted by Crippen LogP contribution is -2.19. The van der Waals surface area contributed by atoms with Crippen LogP contribution < -0.4 is 11.1 Å². The third-order valence-corrected chi connectivity index (χ3v) is 4.61. The Bertz CT molecular complexity index is 706. The Labute approximate surface area is 142 Å². The maximum atomic E-state index is 12.2. The summed E-state index contributed by atoms with van der Waals surface area (Å²) in [6.45, 7) is 1.87. The lowest BCUT2D eigenvalue weighted by Gasteiger charge is -2.20. The van der Waals surface area contributed by atoms with Gasteiger partial charge in [0.05, 0.1) is 17.6 Å². The van der Waals surface area contributed by atoms with Gasteiger partial charge in [0.1, 0.15) is 0 Å². The van der Waals surface area contributed by atoms with Crippen LogP contribution in [0.4, 0.5) is 11.5 Å². The van der Waals surface area contributed by atoms with Crippen molar-refractivity contribution in [2.45, 2.75) is 45.4 Å². The molecule has 1 fully saturated rings. The van der Waals surface area contributed by atoms with Gasteiger partial charge in [-0.1, -0.05) is 31.4 Å². The number of nitrogens with two attached hydrogens (primary N) is 1. The minimum absolute atomic E-state index is 0.0412. The van der Waals surface area contributed by atoms with Gasteiger partial charge in [-0.05, 0) is 37.8 Å². The van der Waals surface area contributed by atoms with Gasteiger partial charge in [-0.2, -0.15) is 0 Å². The Hall–Kier alpha value is -2.43. The van der Waals surface area contributed by atoms with Crippen molar-refractivity contribution < 1.29 is 4.79 Å². The normalized spacial score (nSPS) is 15.2. The van der Waals surface area contributed by atoms with Gasteiger partial charge in [-0.3, -0.25) is 4.79 Å². The zero-order chi connectivity index (χ0) is 16.9. The third-order valence-electron chi connectivity index (χ3n) is 4.61. The second kappa shape index (κ2) is 7.43. The van der Waals surface area contributed by atoms with Crippen LogP contribution >= 0.6 is 0 Å². The summed E-state index contributed by atoms with van der Waals surface area (Å²) in [4.78, 5) is 21.2. The van der Waals surface area contributed by atoms with Crippen molar-refractivity contribution >= 4 is 17.4 Å². The summed E-state index contributed by atoms with van der Waals surface area (Å²) in [6, 6.07) is 7.51. The van der Waals surface area contributed by atoms with E-state index in [2.05, 4.69) is 15.3 Å². The van der Waals surface area contributed by atoms with Crippen LogP contribution in [0.2, 0.25) is 0 Å². The van der Waals surface area contributed by atoms with Crippen LogP contribution in [0.25, 0.3) is 11.3 Å². The third kappa shape index (κ3) is 4.10. The first-order valence-corrected chi connectivity index (χ1v) is 8.61. The molecule has 1 saturated carbocycles. The monoisotopic (exact) mass is 324 g/mol. The highest BCUT2D eigenvalue weighted by atomic mass is 16.1. The standard InChI is InChI=1S/C19H24N4O/c1-13-19(23-18(24)11-14-5-3-2-4-6-14)21-12-17(22-13)15-7-9-16(20)10-8-15/h7-10,12,14H,2-6,11,20H2,1H3,(H,21,23,24). The van der Waals surface area contributed by atoms with Gasteiger partial charge in [-0.15, -0.1) is 0 Å². The van der Waals surface area contributed by atoms with Crippen molar-refractivity contribution in [3.8, 4) is 11.3 Å². The van der Waals surface area contributed by atoms with E-state index in [1.807, 2.05) is 31.2 Å². The first-order chi connectivity index (χ1) is 11.6. The predicted molar refractivity (Wildman–Crippen MR) is 96.4 cm³/mol. The smallest absolute Gasteiger partial charge is 0.225 e. The molecule has 3 N–H and O–H groups in total. The number of aryl methyl sites for hydroxylation is 1. The molecule has 24 heavy (non-hydrogen) atoms. The molecule has 1 aromatic carbocycles. The summed E-state index contributed by atoms with van der Waals surface area (Å²) >= 11 is 0. The van der Waals surface area contributed by atoms with Gasteiger partial charge < -0.3 is 11.1 Å². The molecule has 1 amide bonds. The summed E-state index contributed by atoms with van der Waals surface area (Å²) in [6.07, 6.45) is 8.38. The SMILES string of the molecule is Cc1nc(-c2ccc(N)cc2)cnc1NC(=O)CC1CCCCC1. The van der Waals surface area contributed by atoms with E-state index in [4.69, 9.17) is 5.73 Å². The number of carbonyl (C=O) groups is 1. The molecule has 0 atom stereocenters. The van der Waals surface area contributed by atoms with Crippen LogP contribution in [0, 0.1) is 12.8 Å². The Balaban J connectivity index is 1.66. The van der Waals surface area contributed by atoms with E-state index in [0.29, 0.717) is 18.2 Å². The molecule has 1 aliphatic rings. The number of benzene rings is 1. The molecule has 0 saturated heterocycles. The summed E-state index contributed by atoms with van der Waals surface area (Å²) in [7, 11) is 0. The van der Waals surface area contributed by atoms with Crippen LogP contribution in [0.1, 0.15) is 44.2 Å². The van der Waals surface area contributed by atoms with Crippen LogP contribution in [0.5, 0.6) is 0 Å². The van der Waals surface area contributed by atoms with Gasteiger partial charge in [0.25, 0.3) is 0 Å². The summed E-state index contributed by atoms with van der Waals surface area (Å²) in [5.41, 5.74) is 8.88. The van der Waals surface area contributed by atoms with E-state index in [0.717, 1.165) is 35.5 Å². The first kappa shape index (κ1) is 16.4. The molecular weight excluding hydrogens is 300 g/mol. The topological polar surface area (TPSA) is 80.9 Å². The lowest BCUT2D eigenvalue weighted by atomic mass is 9.87. The molecule has 3 rings (SSSR count). The fraction of sp³-hybridized carbons (Fsp3) is 0.421. The number of aromatic nitrogens is 2. The van der Waals surface area contributed by atoms with Gasteiger partial charge in [-0.25, -0.2) is 9.97 Å². The van der Waals surface area contributed by atoms with Gasteiger partial charge in [0, 0.05) is 17.7 Å². The van der Waals surface area contributed by atoms with E-state index in [9.17, 15) is 4.79 Å². The van der Waals surface area contributed by atoms with Crippen LogP contribution in [-0.4, -0.2) is 15.9 Å². The van der Waals surface area contributed by atoms with E-state index >= 15 is 0 Å². The number of nitrogens with one attached hydrogen (secondary N) is 1. The molecule has 0 radical (unpaired) electrons. The van der Waals surface area contributed by atoms with Crippen molar-refractivity contribution in [3.05, 3.63) is 36.2 Å². The molecular formula is C19H24N4O. The van der Waals surface area contributed by atoms with E-state index in [-0.39, 0.29) is 5.91 Å². The molecule has 0 unspecified atom stereocenters. The molecule has 1 aliphatic carbocycles. The fourth-order valence-corrected chi connectivity index (χ4v) is 3.23. The number of hydrogen-bond donors (Lipinski definition) is 2. The molecule has 2 aromatic rings. The second-order valence-corrected chi connectivity index (χ2v) is 6.57. The number of anilines is 2. The number of carbonyl (C=O) groups excluding carboxylic acids is 1. The van der Waals surface area contributed by atoms with Gasteiger partial charge in [0.15, 0.2) is 5.82 Å². The molecule has 5 heteroatoms. The van der Waals surface area contributed by atoms with Crippen molar-refractivity contribution in [2.75, 3.05) is 11.1 Å². The first-order valence-electron chi connectivity index (χ1n) is 8.61. The highest BCUT2D eigenvalue weighted by molar-refractivity contribution is 5.90. The van der Waals surface area contributed by atoms with Crippen molar-refractivity contribution in [1.29, 1.82) is 0 Å². The van der Waals surface area contributed by atoms with Crippen LogP contribution in [-0.2, 0) is 4.79 Å². The van der Waals surface area contributed by atoms with Gasteiger partial charge >= 0.3 is 0 Å². The van der Waals surface area contributed by atoms with Crippen molar-refractivity contribution in [1.82, 2.24) is 9.97 Å². The molecule has 1 heterocycles. The maximum absolute atomic E-state index is 12.2. The Morgan fingerprint density at radius 1 is 1.21 bits per heavy atom. The number of amides is 1. The predicted octanol–water partition coefficient (Wildman–Crippen LogP) is 3.94. The minimum Gasteiger partial charge on any atom is -0.399 e. The van der Waals surface area contributed by atoms with Crippen molar-refractivity contribution in [2.24, 2.45) is 5.92 Å². The summed E-state index contributed by atoms with van der Waals surface area (Å²) in [5, 5.41) is 2.91. The van der Waals surface area contributed by atoms with E-state index in [1.165, 1.54) is 19.3 Å². The summed E-state index contributed by atoms with van der Waals surface area (Å²) < 4.78 is 0. The minimum atomic E-state index is 0.0412. The van der Waals surface area contributed by atoms with Gasteiger partial charge in [0.2, 0.25) is 5.91 Å². The fourth-order valence-electron chi connectivity index (χ4n) is 3.23. The number of nitrogen functional groups attached to an aromatic ring is 1. The van der Waals surface area contributed by atoms with E-state index < -0.39 is 0 Å². The Kier molecular flexibility index (Phi) is 5.08. The number of nitrogens with zero attached hydrogens (tertiary/aromatic N) is 2. The van der Waals surface area contributed by atoms with Crippen molar-refractivity contribution in [3.63, 3.8) is 0 Å². The van der Waals surface area contributed by atoms with E-state index in [1.54, 1.807) is 6.20 Å². The lowest BCUT2D eigenvalue weighted by molar-refractivity contribution is -0.117. The molecule has 126 valence electrons. The molecule has 0 aliphatic heterocycles. The zero-order valence-corrected chi connectivity index (χ0v) is 14.1. The van der Waals surface area contributed by atoms with Crippen LogP contribution in [0.3, 0.4) is 0 Å². The number of rotatable bonds is 4. The molecule has 5 nitrogen and oxygen atoms in total. The van der Waals surface area contributed by atoms with Crippen LogP contribution in [0.15, 0.2) is 30.5 Å². The quantitative estimate of drug-likeness (QED) is 0.835. The molecule has 0 bridgehead atoms. The largest absolute Gasteiger partial charge is 0.399 e. The molecule has 1 aromatic heterocycles. The number of hydrogen-bond acceptors (Lipinski definition) is 4. The maximum Gasteiger partial charge on any atom is 0.225 e.